The maximum atomic E-state index is 12.2. The summed E-state index contributed by atoms with van der Waals surface area (Å²) in [6.45, 7) is 5.25. The van der Waals surface area contributed by atoms with Gasteiger partial charge < -0.3 is 9.88 Å². The number of benzene rings is 2. The Hall–Kier alpha value is -2.31. The summed E-state index contributed by atoms with van der Waals surface area (Å²) in [5.41, 5.74) is 3.10. The van der Waals surface area contributed by atoms with Crippen LogP contribution in [0.15, 0.2) is 53.7 Å². The molecule has 5 nitrogen and oxygen atoms in total. The van der Waals surface area contributed by atoms with Gasteiger partial charge in [-0.2, -0.15) is 0 Å². The van der Waals surface area contributed by atoms with E-state index in [0.717, 1.165) is 34.2 Å². The van der Waals surface area contributed by atoms with Crippen LogP contribution in [0.4, 0.5) is 0 Å². The zero-order valence-electron chi connectivity index (χ0n) is 15.3. The molecule has 7 heteroatoms. The van der Waals surface area contributed by atoms with Crippen molar-refractivity contribution in [1.29, 1.82) is 0 Å². The maximum absolute atomic E-state index is 12.2. The van der Waals surface area contributed by atoms with E-state index >= 15 is 0 Å². The van der Waals surface area contributed by atoms with Crippen LogP contribution in [-0.4, -0.2) is 26.4 Å². The van der Waals surface area contributed by atoms with Gasteiger partial charge in [0, 0.05) is 23.7 Å². The molecule has 0 aliphatic rings. The van der Waals surface area contributed by atoms with E-state index in [1.165, 1.54) is 11.8 Å². The van der Waals surface area contributed by atoms with E-state index in [2.05, 4.69) is 28.5 Å². The number of amides is 1. The van der Waals surface area contributed by atoms with Crippen LogP contribution in [-0.2, 0) is 17.9 Å². The van der Waals surface area contributed by atoms with E-state index in [0.29, 0.717) is 11.6 Å². The number of carbonyl (C=O) groups excluding carboxylic acids is 1. The molecule has 1 amide bonds. The van der Waals surface area contributed by atoms with Crippen LogP contribution in [0.25, 0.3) is 11.4 Å². The molecule has 1 N–H and O–H groups in total. The fraction of sp³-hybridized carbons (Fsp3) is 0.250. The smallest absolute Gasteiger partial charge is 0.230 e. The Morgan fingerprint density at radius 1 is 1.15 bits per heavy atom. The minimum absolute atomic E-state index is 0.0667. The quantitative estimate of drug-likeness (QED) is 0.599. The number of aryl methyl sites for hydroxylation is 1. The molecule has 3 aromatic rings. The van der Waals surface area contributed by atoms with E-state index in [1.807, 2.05) is 54.0 Å². The molecule has 1 heterocycles. The summed E-state index contributed by atoms with van der Waals surface area (Å²) in [6.07, 6.45) is 0. The minimum atomic E-state index is -0.0667. The van der Waals surface area contributed by atoms with Crippen LogP contribution in [0.5, 0.6) is 0 Å². The zero-order valence-corrected chi connectivity index (χ0v) is 16.8. The first-order valence-electron chi connectivity index (χ1n) is 8.72. The van der Waals surface area contributed by atoms with Gasteiger partial charge in [-0.3, -0.25) is 4.79 Å². The number of aromatic nitrogens is 3. The molecule has 0 bridgehead atoms. The minimum Gasteiger partial charge on any atom is -0.351 e. The lowest BCUT2D eigenvalue weighted by molar-refractivity contribution is -0.118. The Bertz CT molecular complexity index is 941. The molecule has 27 heavy (non-hydrogen) atoms. The molecule has 3 rings (SSSR count). The third kappa shape index (κ3) is 4.70. The fourth-order valence-electron chi connectivity index (χ4n) is 2.72. The molecule has 140 valence electrons. The second-order valence-electron chi connectivity index (χ2n) is 6.02. The molecule has 0 aliphatic heterocycles. The van der Waals surface area contributed by atoms with E-state index in [-0.39, 0.29) is 11.7 Å². The normalized spacial score (nSPS) is 10.8. The first kappa shape index (κ1) is 19.5. The van der Waals surface area contributed by atoms with Gasteiger partial charge in [-0.15, -0.1) is 10.2 Å². The lowest BCUT2D eigenvalue weighted by Crippen LogP contribution is -2.24. The van der Waals surface area contributed by atoms with Gasteiger partial charge in [0.2, 0.25) is 5.91 Å². The van der Waals surface area contributed by atoms with Gasteiger partial charge in [0.1, 0.15) is 0 Å². The van der Waals surface area contributed by atoms with Gasteiger partial charge in [0.15, 0.2) is 11.0 Å². The van der Waals surface area contributed by atoms with E-state index < -0.39 is 0 Å². The summed E-state index contributed by atoms with van der Waals surface area (Å²) in [4.78, 5) is 12.2. The average Bonchev–Trinajstić information content (AvgIpc) is 3.08. The Labute approximate surface area is 168 Å². The highest BCUT2D eigenvalue weighted by atomic mass is 35.5. The molecule has 0 saturated heterocycles. The standard InChI is InChI=1S/C20H21ClN4OS/c1-3-25-19(16-10-6-4-8-14(16)2)23-24-20(25)27-13-18(26)22-12-15-9-5-7-11-17(15)21/h4-11H,3,12-13H2,1-2H3,(H,22,26). The molecule has 0 fully saturated rings. The molecule has 1 aromatic heterocycles. The van der Waals surface area contributed by atoms with Crippen molar-refractivity contribution in [2.45, 2.75) is 32.1 Å². The van der Waals surface area contributed by atoms with Crippen LogP contribution in [0.2, 0.25) is 5.02 Å². The molecule has 0 aliphatic carbocycles. The lowest BCUT2D eigenvalue weighted by Gasteiger charge is -2.09. The zero-order chi connectivity index (χ0) is 19.2. The number of carbonyl (C=O) groups is 1. The Kier molecular flexibility index (Phi) is 6.53. The maximum Gasteiger partial charge on any atom is 0.230 e. The topological polar surface area (TPSA) is 59.8 Å². The predicted molar refractivity (Wildman–Crippen MR) is 110 cm³/mol. The molecule has 2 aromatic carbocycles. The predicted octanol–water partition coefficient (Wildman–Crippen LogP) is 4.34. The summed E-state index contributed by atoms with van der Waals surface area (Å²) >= 11 is 7.50. The van der Waals surface area contributed by atoms with Crippen molar-refractivity contribution in [1.82, 2.24) is 20.1 Å². The van der Waals surface area contributed by atoms with E-state index in [1.54, 1.807) is 0 Å². The first-order chi connectivity index (χ1) is 13.1. The highest BCUT2D eigenvalue weighted by Gasteiger charge is 2.15. The molecular weight excluding hydrogens is 380 g/mol. The van der Waals surface area contributed by atoms with Crippen molar-refractivity contribution in [3.63, 3.8) is 0 Å². The van der Waals surface area contributed by atoms with E-state index in [9.17, 15) is 4.79 Å². The second kappa shape index (κ2) is 9.06. The Morgan fingerprint density at radius 2 is 1.89 bits per heavy atom. The van der Waals surface area contributed by atoms with Crippen molar-refractivity contribution in [2.75, 3.05) is 5.75 Å². The number of nitrogens with zero attached hydrogens (tertiary/aromatic N) is 3. The average molecular weight is 401 g/mol. The number of halogens is 1. The molecular formula is C20H21ClN4OS. The summed E-state index contributed by atoms with van der Waals surface area (Å²) in [5, 5.41) is 12.9. The molecule has 0 saturated carbocycles. The van der Waals surface area contributed by atoms with Crippen LogP contribution < -0.4 is 5.32 Å². The van der Waals surface area contributed by atoms with Gasteiger partial charge in [-0.25, -0.2) is 0 Å². The third-order valence-corrected chi connectivity index (χ3v) is 5.52. The monoisotopic (exact) mass is 400 g/mol. The van der Waals surface area contributed by atoms with Crippen molar-refractivity contribution in [3.8, 4) is 11.4 Å². The third-order valence-electron chi connectivity index (χ3n) is 4.19. The summed E-state index contributed by atoms with van der Waals surface area (Å²) in [7, 11) is 0. The van der Waals surface area contributed by atoms with Gasteiger partial charge in [-0.1, -0.05) is 65.8 Å². The summed E-state index contributed by atoms with van der Waals surface area (Å²) in [6, 6.07) is 15.6. The SMILES string of the molecule is CCn1c(SCC(=O)NCc2ccccc2Cl)nnc1-c1ccccc1C. The van der Waals surface area contributed by atoms with E-state index in [4.69, 9.17) is 11.6 Å². The van der Waals surface area contributed by atoms with Crippen LogP contribution in [0.3, 0.4) is 0 Å². The highest BCUT2D eigenvalue weighted by Crippen LogP contribution is 2.26. The number of hydrogen-bond acceptors (Lipinski definition) is 4. The lowest BCUT2D eigenvalue weighted by atomic mass is 10.1. The van der Waals surface area contributed by atoms with Gasteiger partial charge in [0.25, 0.3) is 0 Å². The molecule has 0 atom stereocenters. The van der Waals surface area contributed by atoms with Gasteiger partial charge >= 0.3 is 0 Å². The molecule has 0 spiro atoms. The van der Waals surface area contributed by atoms with Crippen LogP contribution >= 0.6 is 23.4 Å². The second-order valence-corrected chi connectivity index (χ2v) is 7.37. The van der Waals surface area contributed by atoms with Gasteiger partial charge in [-0.05, 0) is 31.0 Å². The number of rotatable bonds is 7. The molecule has 0 radical (unpaired) electrons. The summed E-state index contributed by atoms with van der Waals surface area (Å²) in [5.74, 6) is 1.04. The largest absolute Gasteiger partial charge is 0.351 e. The van der Waals surface area contributed by atoms with Crippen molar-refractivity contribution in [3.05, 3.63) is 64.7 Å². The Morgan fingerprint density at radius 3 is 2.63 bits per heavy atom. The van der Waals surface area contributed by atoms with Crippen LogP contribution in [0.1, 0.15) is 18.1 Å². The molecule has 0 unspecified atom stereocenters. The summed E-state index contributed by atoms with van der Waals surface area (Å²) < 4.78 is 2.04. The Balaban J connectivity index is 1.64. The van der Waals surface area contributed by atoms with Gasteiger partial charge in [0.05, 0.1) is 5.75 Å². The first-order valence-corrected chi connectivity index (χ1v) is 10.1. The van der Waals surface area contributed by atoms with Crippen molar-refractivity contribution < 1.29 is 4.79 Å². The highest BCUT2D eigenvalue weighted by molar-refractivity contribution is 7.99. The number of nitrogens with one attached hydrogen (secondary N) is 1. The van der Waals surface area contributed by atoms with Crippen molar-refractivity contribution in [2.24, 2.45) is 0 Å². The van der Waals surface area contributed by atoms with Crippen LogP contribution in [0, 0.1) is 6.92 Å². The number of hydrogen-bond donors (Lipinski definition) is 1. The van der Waals surface area contributed by atoms with Crippen molar-refractivity contribution >= 4 is 29.3 Å². The fourth-order valence-corrected chi connectivity index (χ4v) is 3.76. The number of thioether (sulfide) groups is 1.